The molecule has 0 spiro atoms. The van der Waals surface area contributed by atoms with Crippen LogP contribution in [-0.2, 0) is 9.53 Å². The summed E-state index contributed by atoms with van der Waals surface area (Å²) in [6.07, 6.45) is -0.941. The summed E-state index contributed by atoms with van der Waals surface area (Å²) in [5.74, 6) is 0.566. The molecule has 7 heteroatoms. The van der Waals surface area contributed by atoms with Crippen molar-refractivity contribution in [2.45, 2.75) is 19.4 Å². The van der Waals surface area contributed by atoms with Crippen LogP contribution in [0.1, 0.15) is 13.3 Å². The van der Waals surface area contributed by atoms with Gasteiger partial charge in [0.25, 0.3) is 0 Å². The van der Waals surface area contributed by atoms with Gasteiger partial charge in [-0.1, -0.05) is 11.6 Å². The Morgan fingerprint density at radius 2 is 2.00 bits per heavy atom. The van der Waals surface area contributed by atoms with Crippen LogP contribution in [0.3, 0.4) is 0 Å². The highest BCUT2D eigenvalue weighted by atomic mass is 35.5. The Morgan fingerprint density at radius 3 is 2.57 bits per heavy atom. The van der Waals surface area contributed by atoms with Crippen molar-refractivity contribution in [1.29, 1.82) is 0 Å². The van der Waals surface area contributed by atoms with E-state index in [1.807, 2.05) is 0 Å². The third-order valence-electron chi connectivity index (χ3n) is 2.71. The number of aliphatic hydroxyl groups is 1. The number of halogens is 1. The van der Waals surface area contributed by atoms with Crippen LogP contribution < -0.4 is 14.8 Å². The predicted molar refractivity (Wildman–Crippen MR) is 80.3 cm³/mol. The first-order chi connectivity index (χ1) is 10.0. The molecular weight excluding hydrogens is 298 g/mol. The number of carbonyl (C=O) groups excluding carboxylic acids is 1. The van der Waals surface area contributed by atoms with Gasteiger partial charge in [0.15, 0.2) is 0 Å². The average molecular weight is 318 g/mol. The lowest BCUT2D eigenvalue weighted by atomic mass is 10.2. The second-order valence-corrected chi connectivity index (χ2v) is 4.64. The molecule has 1 atom stereocenters. The molecule has 0 saturated carbocycles. The quantitative estimate of drug-likeness (QED) is 0.715. The number of anilines is 1. The molecule has 0 fully saturated rings. The smallest absolute Gasteiger partial charge is 0.308 e. The van der Waals surface area contributed by atoms with Crippen molar-refractivity contribution in [3.8, 4) is 11.5 Å². The molecule has 0 aliphatic carbocycles. The van der Waals surface area contributed by atoms with Crippen molar-refractivity contribution in [1.82, 2.24) is 0 Å². The molecule has 0 aromatic heterocycles. The first-order valence-corrected chi connectivity index (χ1v) is 6.88. The first kappa shape index (κ1) is 17.4. The number of methoxy groups -OCH3 is 2. The number of ether oxygens (including phenoxy) is 3. The van der Waals surface area contributed by atoms with E-state index >= 15 is 0 Å². The van der Waals surface area contributed by atoms with Gasteiger partial charge in [-0.2, -0.15) is 0 Å². The molecule has 1 unspecified atom stereocenters. The molecule has 0 saturated heterocycles. The van der Waals surface area contributed by atoms with Gasteiger partial charge in [0.1, 0.15) is 11.5 Å². The van der Waals surface area contributed by atoms with Crippen LogP contribution in [0.4, 0.5) is 5.69 Å². The third kappa shape index (κ3) is 5.32. The number of benzene rings is 1. The average Bonchev–Trinajstić information content (AvgIpc) is 2.45. The molecule has 0 heterocycles. The van der Waals surface area contributed by atoms with E-state index in [0.717, 1.165) is 0 Å². The lowest BCUT2D eigenvalue weighted by molar-refractivity contribution is -0.145. The fraction of sp³-hybridized carbons (Fsp3) is 0.500. The zero-order valence-electron chi connectivity index (χ0n) is 12.3. The Balaban J connectivity index is 2.67. The number of hydrogen-bond acceptors (Lipinski definition) is 6. The summed E-state index contributed by atoms with van der Waals surface area (Å²) in [6.45, 7) is 2.18. The van der Waals surface area contributed by atoms with E-state index < -0.39 is 12.1 Å². The maximum Gasteiger partial charge on any atom is 0.308 e. The standard InChI is InChI=1S/C14H20ClNO5/c1-4-21-14(18)5-9(17)8-16-11-7-12(19-2)10(15)6-13(11)20-3/h6-7,9,16-17H,4-5,8H2,1-3H3. The molecule has 2 N–H and O–H groups in total. The zero-order chi connectivity index (χ0) is 15.8. The van der Waals surface area contributed by atoms with Crippen molar-refractivity contribution in [3.05, 3.63) is 17.2 Å². The second kappa shape index (κ2) is 8.59. The molecule has 0 bridgehead atoms. The lowest BCUT2D eigenvalue weighted by Gasteiger charge is -2.16. The number of carbonyl (C=O) groups is 1. The predicted octanol–water partition coefficient (Wildman–Crippen LogP) is 2.08. The van der Waals surface area contributed by atoms with Gasteiger partial charge in [-0.3, -0.25) is 4.79 Å². The van der Waals surface area contributed by atoms with Crippen LogP contribution in [-0.4, -0.2) is 44.6 Å². The summed E-state index contributed by atoms with van der Waals surface area (Å²) in [4.78, 5) is 11.3. The molecule has 0 amide bonds. The Hall–Kier alpha value is -1.66. The maximum absolute atomic E-state index is 11.3. The molecule has 6 nitrogen and oxygen atoms in total. The van der Waals surface area contributed by atoms with Crippen LogP contribution in [0.5, 0.6) is 11.5 Å². The monoisotopic (exact) mass is 317 g/mol. The number of nitrogens with one attached hydrogen (secondary N) is 1. The van der Waals surface area contributed by atoms with Crippen molar-refractivity contribution < 1.29 is 24.1 Å². The molecular formula is C14H20ClNO5. The topological polar surface area (TPSA) is 77.0 Å². The van der Waals surface area contributed by atoms with Gasteiger partial charge in [0.05, 0.1) is 44.1 Å². The van der Waals surface area contributed by atoms with Gasteiger partial charge in [0, 0.05) is 18.7 Å². The van der Waals surface area contributed by atoms with Crippen LogP contribution in [0.25, 0.3) is 0 Å². The lowest BCUT2D eigenvalue weighted by Crippen LogP contribution is -2.24. The summed E-state index contributed by atoms with van der Waals surface area (Å²) < 4.78 is 15.1. The van der Waals surface area contributed by atoms with Gasteiger partial charge >= 0.3 is 5.97 Å². The largest absolute Gasteiger partial charge is 0.495 e. The van der Waals surface area contributed by atoms with E-state index in [1.54, 1.807) is 19.1 Å². The van der Waals surface area contributed by atoms with Gasteiger partial charge in [-0.15, -0.1) is 0 Å². The Morgan fingerprint density at radius 1 is 1.33 bits per heavy atom. The van der Waals surface area contributed by atoms with Crippen molar-refractivity contribution in [2.24, 2.45) is 0 Å². The van der Waals surface area contributed by atoms with Crippen LogP contribution in [0, 0.1) is 0 Å². The highest BCUT2D eigenvalue weighted by Crippen LogP contribution is 2.35. The SMILES string of the molecule is CCOC(=O)CC(O)CNc1cc(OC)c(Cl)cc1OC. The minimum Gasteiger partial charge on any atom is -0.495 e. The van der Waals surface area contributed by atoms with E-state index in [1.165, 1.54) is 14.2 Å². The Kier molecular flexibility index (Phi) is 7.11. The molecule has 0 aliphatic rings. The maximum atomic E-state index is 11.3. The van der Waals surface area contributed by atoms with Crippen LogP contribution in [0.2, 0.25) is 5.02 Å². The summed E-state index contributed by atoms with van der Waals surface area (Å²) in [5.41, 5.74) is 0.613. The molecule has 1 aromatic carbocycles. The number of esters is 1. The van der Waals surface area contributed by atoms with Gasteiger partial charge in [-0.25, -0.2) is 0 Å². The fourth-order valence-corrected chi connectivity index (χ4v) is 1.94. The molecule has 118 valence electrons. The number of rotatable bonds is 8. The third-order valence-corrected chi connectivity index (χ3v) is 3.01. The van der Waals surface area contributed by atoms with E-state index in [4.69, 9.17) is 25.8 Å². The highest BCUT2D eigenvalue weighted by molar-refractivity contribution is 6.32. The molecule has 0 aliphatic heterocycles. The highest BCUT2D eigenvalue weighted by Gasteiger charge is 2.14. The van der Waals surface area contributed by atoms with Crippen LogP contribution in [0.15, 0.2) is 12.1 Å². The molecule has 1 aromatic rings. The normalized spacial score (nSPS) is 11.7. The minimum atomic E-state index is -0.865. The van der Waals surface area contributed by atoms with E-state index in [9.17, 15) is 9.90 Å². The minimum absolute atomic E-state index is 0.0755. The zero-order valence-corrected chi connectivity index (χ0v) is 13.1. The number of hydrogen-bond donors (Lipinski definition) is 2. The number of aliphatic hydroxyl groups excluding tert-OH is 1. The summed E-state index contributed by atoms with van der Waals surface area (Å²) in [6, 6.07) is 3.28. The molecule has 0 radical (unpaired) electrons. The Labute approximate surface area is 129 Å². The Bertz CT molecular complexity index is 481. The summed E-state index contributed by atoms with van der Waals surface area (Å²) >= 11 is 6.00. The second-order valence-electron chi connectivity index (χ2n) is 4.23. The van der Waals surface area contributed by atoms with E-state index in [-0.39, 0.29) is 13.0 Å². The van der Waals surface area contributed by atoms with Crippen molar-refractivity contribution in [3.63, 3.8) is 0 Å². The van der Waals surface area contributed by atoms with Crippen LogP contribution >= 0.6 is 11.6 Å². The fourth-order valence-electron chi connectivity index (χ4n) is 1.71. The van der Waals surface area contributed by atoms with Crippen molar-refractivity contribution >= 4 is 23.3 Å². The van der Waals surface area contributed by atoms with E-state index in [0.29, 0.717) is 28.8 Å². The summed E-state index contributed by atoms with van der Waals surface area (Å²) in [5, 5.41) is 13.2. The van der Waals surface area contributed by atoms with E-state index in [2.05, 4.69) is 5.32 Å². The summed E-state index contributed by atoms with van der Waals surface area (Å²) in [7, 11) is 3.02. The first-order valence-electron chi connectivity index (χ1n) is 6.50. The molecule has 21 heavy (non-hydrogen) atoms. The van der Waals surface area contributed by atoms with Gasteiger partial charge < -0.3 is 24.6 Å². The van der Waals surface area contributed by atoms with Gasteiger partial charge in [-0.05, 0) is 6.92 Å². The molecule has 1 rings (SSSR count). The van der Waals surface area contributed by atoms with Gasteiger partial charge in [0.2, 0.25) is 0 Å². The van der Waals surface area contributed by atoms with Crippen molar-refractivity contribution in [2.75, 3.05) is 32.7 Å².